The van der Waals surface area contributed by atoms with Crippen LogP contribution in [0.4, 0.5) is 5.69 Å². The summed E-state index contributed by atoms with van der Waals surface area (Å²) in [4.78, 5) is 19.4. The van der Waals surface area contributed by atoms with Gasteiger partial charge in [0.25, 0.3) is 5.91 Å². The molecule has 0 spiro atoms. The average Bonchev–Trinajstić information content (AvgIpc) is 2.48. The number of hydrogen-bond donors (Lipinski definition) is 3. The van der Waals surface area contributed by atoms with Gasteiger partial charge < -0.3 is 5.32 Å². The number of aromatic nitrogens is 2. The van der Waals surface area contributed by atoms with Crippen LogP contribution in [0.15, 0.2) is 30.6 Å². The first-order valence-corrected chi connectivity index (χ1v) is 7.30. The van der Waals surface area contributed by atoms with E-state index >= 15 is 0 Å². The molecule has 0 radical (unpaired) electrons. The van der Waals surface area contributed by atoms with Crippen molar-refractivity contribution in [3.8, 4) is 0 Å². The maximum Gasteiger partial charge on any atom is 0.289 e. The Balaban J connectivity index is 1.94. The summed E-state index contributed by atoms with van der Waals surface area (Å²) in [6.07, 6.45) is 2.58. The summed E-state index contributed by atoms with van der Waals surface area (Å²) in [5.41, 5.74) is 5.31. The van der Waals surface area contributed by atoms with Crippen molar-refractivity contribution >= 4 is 63.7 Å². The molecule has 1 heterocycles. The van der Waals surface area contributed by atoms with Crippen molar-refractivity contribution in [1.82, 2.24) is 20.8 Å². The molecule has 1 amide bonds. The second kappa shape index (κ2) is 7.55. The molecule has 22 heavy (non-hydrogen) atoms. The summed E-state index contributed by atoms with van der Waals surface area (Å²) >= 11 is 22.7. The number of hydrazine groups is 1. The van der Waals surface area contributed by atoms with Gasteiger partial charge in [-0.3, -0.25) is 20.6 Å². The fourth-order valence-electron chi connectivity index (χ4n) is 1.39. The van der Waals surface area contributed by atoms with Crippen LogP contribution in [-0.4, -0.2) is 21.0 Å². The predicted octanol–water partition coefficient (Wildman–Crippen LogP) is 3.07. The minimum Gasteiger partial charge on any atom is -0.329 e. The lowest BCUT2D eigenvalue weighted by atomic mass is 10.3. The number of carbonyl (C=O) groups is 1. The van der Waals surface area contributed by atoms with Crippen molar-refractivity contribution in [2.75, 3.05) is 5.32 Å². The smallest absolute Gasteiger partial charge is 0.289 e. The molecule has 0 bridgehead atoms. The number of amides is 1. The van der Waals surface area contributed by atoms with Gasteiger partial charge in [0.2, 0.25) is 0 Å². The maximum atomic E-state index is 11.8. The van der Waals surface area contributed by atoms with Crippen molar-refractivity contribution in [3.05, 3.63) is 51.5 Å². The Labute approximate surface area is 146 Å². The molecule has 3 N–H and O–H groups in total. The number of para-hydroxylation sites is 1. The van der Waals surface area contributed by atoms with E-state index in [1.165, 1.54) is 12.4 Å². The lowest BCUT2D eigenvalue weighted by Crippen LogP contribution is -2.44. The van der Waals surface area contributed by atoms with Gasteiger partial charge in [-0.2, -0.15) is 0 Å². The van der Waals surface area contributed by atoms with Gasteiger partial charge in [-0.25, -0.2) is 4.98 Å². The van der Waals surface area contributed by atoms with Crippen LogP contribution >= 0.6 is 47.0 Å². The van der Waals surface area contributed by atoms with Gasteiger partial charge in [-0.05, 0) is 24.4 Å². The third-order valence-electron chi connectivity index (χ3n) is 2.33. The molecule has 0 aliphatic carbocycles. The van der Waals surface area contributed by atoms with E-state index in [-0.39, 0.29) is 16.0 Å². The third kappa shape index (κ3) is 4.41. The van der Waals surface area contributed by atoms with Gasteiger partial charge in [0.15, 0.2) is 5.11 Å². The van der Waals surface area contributed by atoms with Gasteiger partial charge in [0.05, 0.1) is 28.1 Å². The molecule has 0 aliphatic rings. The Morgan fingerprint density at radius 2 is 1.77 bits per heavy atom. The fraction of sp³-hybridized carbons (Fsp3) is 0. The number of halogens is 3. The molecule has 0 unspecified atom stereocenters. The first kappa shape index (κ1) is 16.7. The van der Waals surface area contributed by atoms with Gasteiger partial charge in [-0.15, -0.1) is 0 Å². The highest BCUT2D eigenvalue weighted by Gasteiger charge is 2.10. The van der Waals surface area contributed by atoms with E-state index in [2.05, 4.69) is 26.1 Å². The fourth-order valence-corrected chi connectivity index (χ4v) is 2.18. The Hall–Kier alpha value is -1.67. The molecule has 1 aromatic heterocycles. The normalized spacial score (nSPS) is 9.95. The Morgan fingerprint density at radius 3 is 2.41 bits per heavy atom. The number of anilines is 1. The zero-order chi connectivity index (χ0) is 16.1. The second-order valence-electron chi connectivity index (χ2n) is 3.86. The van der Waals surface area contributed by atoms with E-state index in [0.717, 1.165) is 0 Å². The number of nitrogens with zero attached hydrogens (tertiary/aromatic N) is 2. The van der Waals surface area contributed by atoms with Crippen LogP contribution in [0, 0.1) is 0 Å². The van der Waals surface area contributed by atoms with Crippen LogP contribution in [0.2, 0.25) is 15.2 Å². The molecule has 1 aromatic carbocycles. The zero-order valence-corrected chi connectivity index (χ0v) is 13.8. The number of benzene rings is 1. The van der Waals surface area contributed by atoms with Crippen LogP contribution < -0.4 is 16.2 Å². The summed E-state index contributed by atoms with van der Waals surface area (Å²) in [6.45, 7) is 0. The zero-order valence-electron chi connectivity index (χ0n) is 10.7. The van der Waals surface area contributed by atoms with E-state index in [9.17, 15) is 4.79 Å². The summed E-state index contributed by atoms with van der Waals surface area (Å²) in [5.74, 6) is -0.551. The summed E-state index contributed by atoms with van der Waals surface area (Å²) in [7, 11) is 0. The van der Waals surface area contributed by atoms with Gasteiger partial charge in [0, 0.05) is 0 Å². The van der Waals surface area contributed by atoms with E-state index in [1.54, 1.807) is 18.2 Å². The second-order valence-corrected chi connectivity index (χ2v) is 5.47. The molecule has 114 valence electrons. The quantitative estimate of drug-likeness (QED) is 0.552. The van der Waals surface area contributed by atoms with E-state index in [4.69, 9.17) is 47.0 Å². The Kier molecular flexibility index (Phi) is 5.73. The number of thiocarbonyl (C=S) groups is 1. The van der Waals surface area contributed by atoms with Crippen LogP contribution in [0.5, 0.6) is 0 Å². The van der Waals surface area contributed by atoms with Crippen molar-refractivity contribution in [3.63, 3.8) is 0 Å². The van der Waals surface area contributed by atoms with E-state index in [1.807, 2.05) is 0 Å². The average molecular weight is 377 g/mol. The first-order chi connectivity index (χ1) is 10.5. The number of carbonyl (C=O) groups excluding carboxylic acids is 1. The highest BCUT2D eigenvalue weighted by Crippen LogP contribution is 2.29. The molecule has 0 aliphatic heterocycles. The molecular formula is C12H8Cl3N5OS. The highest BCUT2D eigenvalue weighted by molar-refractivity contribution is 7.80. The predicted molar refractivity (Wildman–Crippen MR) is 90.3 cm³/mol. The number of nitrogens with one attached hydrogen (secondary N) is 3. The van der Waals surface area contributed by atoms with Crippen LogP contribution in [-0.2, 0) is 0 Å². The Bertz CT molecular complexity index is 707. The number of rotatable bonds is 2. The van der Waals surface area contributed by atoms with Crippen molar-refractivity contribution in [2.45, 2.75) is 0 Å². The topological polar surface area (TPSA) is 78.9 Å². The lowest BCUT2D eigenvalue weighted by molar-refractivity contribution is 0.0938. The van der Waals surface area contributed by atoms with Crippen molar-refractivity contribution in [2.24, 2.45) is 0 Å². The molecule has 0 saturated heterocycles. The van der Waals surface area contributed by atoms with Crippen LogP contribution in [0.25, 0.3) is 0 Å². The maximum absolute atomic E-state index is 11.8. The van der Waals surface area contributed by atoms with Crippen molar-refractivity contribution in [1.29, 1.82) is 0 Å². The van der Waals surface area contributed by atoms with Gasteiger partial charge in [-0.1, -0.05) is 40.9 Å². The molecule has 2 aromatic rings. The molecule has 0 atom stereocenters. The summed E-state index contributed by atoms with van der Waals surface area (Å²) < 4.78 is 0. The van der Waals surface area contributed by atoms with Gasteiger partial charge in [0.1, 0.15) is 10.8 Å². The monoisotopic (exact) mass is 375 g/mol. The van der Waals surface area contributed by atoms with Gasteiger partial charge >= 0.3 is 0 Å². The molecule has 10 heteroatoms. The number of hydrogen-bond acceptors (Lipinski definition) is 4. The Morgan fingerprint density at radius 1 is 1.09 bits per heavy atom. The molecule has 0 saturated carbocycles. The lowest BCUT2D eigenvalue weighted by Gasteiger charge is -2.13. The largest absolute Gasteiger partial charge is 0.329 e. The molecular weight excluding hydrogens is 369 g/mol. The summed E-state index contributed by atoms with van der Waals surface area (Å²) in [5, 5.41) is 3.76. The molecule has 2 rings (SSSR count). The SMILES string of the molecule is O=C(NNC(=S)Nc1c(Cl)cccc1Cl)c1cncc(Cl)n1. The van der Waals surface area contributed by atoms with Crippen LogP contribution in [0.3, 0.4) is 0 Å². The minimum atomic E-state index is -0.551. The van der Waals surface area contributed by atoms with E-state index in [0.29, 0.717) is 15.7 Å². The van der Waals surface area contributed by atoms with Crippen molar-refractivity contribution < 1.29 is 4.79 Å². The minimum absolute atomic E-state index is 0.0403. The van der Waals surface area contributed by atoms with E-state index < -0.39 is 5.91 Å². The molecule has 6 nitrogen and oxygen atoms in total. The first-order valence-electron chi connectivity index (χ1n) is 5.76. The standard InChI is InChI=1S/C12H8Cl3N5OS/c13-6-2-1-3-7(14)10(6)18-12(22)20-19-11(21)8-4-16-5-9(15)17-8/h1-5H,(H,19,21)(H2,18,20,22). The highest BCUT2D eigenvalue weighted by atomic mass is 35.5. The summed E-state index contributed by atoms with van der Waals surface area (Å²) in [6, 6.07) is 5.00. The molecule has 0 fully saturated rings. The van der Waals surface area contributed by atoms with Crippen LogP contribution in [0.1, 0.15) is 10.5 Å². The third-order valence-corrected chi connectivity index (χ3v) is 3.34.